The average Bonchev–Trinajstić information content (AvgIpc) is 2.63. The summed E-state index contributed by atoms with van der Waals surface area (Å²) < 4.78 is 13.8. The van der Waals surface area contributed by atoms with E-state index in [2.05, 4.69) is 15.5 Å². The smallest absolute Gasteiger partial charge is 0.237 e. The zero-order chi connectivity index (χ0) is 17.8. The number of halogens is 1. The molecule has 138 valence electrons. The summed E-state index contributed by atoms with van der Waals surface area (Å²) in [7, 11) is 0. The van der Waals surface area contributed by atoms with Crippen LogP contribution in [-0.2, 0) is 4.79 Å². The van der Waals surface area contributed by atoms with Crippen LogP contribution in [0.2, 0.25) is 0 Å². The monoisotopic (exact) mass is 349 g/mol. The van der Waals surface area contributed by atoms with Crippen molar-refractivity contribution in [1.82, 2.24) is 10.6 Å². The van der Waals surface area contributed by atoms with E-state index in [4.69, 9.17) is 0 Å². The van der Waals surface area contributed by atoms with E-state index < -0.39 is 0 Å². The van der Waals surface area contributed by atoms with Crippen LogP contribution in [0, 0.1) is 5.82 Å². The van der Waals surface area contributed by atoms with E-state index in [0.29, 0.717) is 12.8 Å². The maximum absolute atomic E-state index is 13.8. The van der Waals surface area contributed by atoms with Gasteiger partial charge in [0, 0.05) is 24.3 Å². The fraction of sp³-hybridized carbons (Fsp3) is 0.632. The molecule has 0 radical (unpaired) electrons. The molecule has 1 unspecified atom stereocenters. The number of nitrogens with one attached hydrogen (secondary N) is 2. The molecule has 1 aromatic rings. The van der Waals surface area contributed by atoms with E-state index in [0.717, 1.165) is 50.1 Å². The van der Waals surface area contributed by atoms with Crippen molar-refractivity contribution in [2.75, 3.05) is 24.5 Å². The standard InChI is InChI=1S/C19H28FN3O2/c1-13(22-19(25)17-4-2-3-9-21-17)16-12-14(20)5-6-18(16)23-10-7-15(24)8-11-23/h5-6,12-13,15,17,21,24H,2-4,7-11H2,1H3,(H,22,25)/t13?,17-/m0/s1. The van der Waals surface area contributed by atoms with Gasteiger partial charge in [-0.25, -0.2) is 4.39 Å². The highest BCUT2D eigenvalue weighted by Gasteiger charge is 2.25. The minimum atomic E-state index is -0.298. The maximum Gasteiger partial charge on any atom is 0.237 e. The average molecular weight is 349 g/mol. The lowest BCUT2D eigenvalue weighted by Gasteiger charge is -2.34. The van der Waals surface area contributed by atoms with E-state index in [1.54, 1.807) is 6.07 Å². The molecule has 2 heterocycles. The van der Waals surface area contributed by atoms with Gasteiger partial charge in [-0.15, -0.1) is 0 Å². The Labute approximate surface area is 148 Å². The number of piperidine rings is 2. The van der Waals surface area contributed by atoms with Crippen LogP contribution < -0.4 is 15.5 Å². The van der Waals surface area contributed by atoms with Gasteiger partial charge in [-0.05, 0) is 57.4 Å². The fourth-order valence-electron chi connectivity index (χ4n) is 3.73. The molecule has 0 aliphatic carbocycles. The number of benzene rings is 1. The van der Waals surface area contributed by atoms with Crippen molar-refractivity contribution in [3.8, 4) is 0 Å². The van der Waals surface area contributed by atoms with Crippen molar-refractivity contribution in [1.29, 1.82) is 0 Å². The van der Waals surface area contributed by atoms with Gasteiger partial charge in [0.1, 0.15) is 5.82 Å². The fourth-order valence-corrected chi connectivity index (χ4v) is 3.73. The van der Waals surface area contributed by atoms with Crippen molar-refractivity contribution in [3.05, 3.63) is 29.6 Å². The highest BCUT2D eigenvalue weighted by molar-refractivity contribution is 5.82. The van der Waals surface area contributed by atoms with Gasteiger partial charge in [0.25, 0.3) is 0 Å². The molecular formula is C19H28FN3O2. The highest BCUT2D eigenvalue weighted by Crippen LogP contribution is 2.30. The van der Waals surface area contributed by atoms with Crippen molar-refractivity contribution < 1.29 is 14.3 Å². The lowest BCUT2D eigenvalue weighted by Crippen LogP contribution is -2.47. The minimum Gasteiger partial charge on any atom is -0.393 e. The van der Waals surface area contributed by atoms with E-state index in [1.807, 2.05) is 6.92 Å². The molecule has 6 heteroatoms. The Balaban J connectivity index is 1.73. The van der Waals surface area contributed by atoms with E-state index in [-0.39, 0.29) is 29.9 Å². The van der Waals surface area contributed by atoms with Gasteiger partial charge < -0.3 is 20.6 Å². The highest BCUT2D eigenvalue weighted by atomic mass is 19.1. The molecule has 2 atom stereocenters. The summed E-state index contributed by atoms with van der Waals surface area (Å²) in [5.41, 5.74) is 1.73. The SMILES string of the molecule is CC(NC(=O)[C@@H]1CCCCN1)c1cc(F)ccc1N1CCC(O)CC1. The molecule has 0 spiro atoms. The Morgan fingerprint density at radius 1 is 1.32 bits per heavy atom. The largest absolute Gasteiger partial charge is 0.393 e. The Kier molecular flexibility index (Phi) is 5.91. The first-order chi connectivity index (χ1) is 12.0. The Bertz CT molecular complexity index is 596. The number of carbonyl (C=O) groups is 1. The van der Waals surface area contributed by atoms with Crippen LogP contribution >= 0.6 is 0 Å². The van der Waals surface area contributed by atoms with Crippen LogP contribution in [0.15, 0.2) is 18.2 Å². The summed E-state index contributed by atoms with van der Waals surface area (Å²) in [6.07, 6.45) is 4.18. The van der Waals surface area contributed by atoms with Crippen LogP contribution in [-0.4, -0.2) is 42.8 Å². The molecule has 2 saturated heterocycles. The van der Waals surface area contributed by atoms with Crippen molar-refractivity contribution in [2.24, 2.45) is 0 Å². The number of carbonyl (C=O) groups excluding carboxylic acids is 1. The molecule has 5 nitrogen and oxygen atoms in total. The summed E-state index contributed by atoms with van der Waals surface area (Å²) in [4.78, 5) is 14.7. The van der Waals surface area contributed by atoms with Gasteiger partial charge in [-0.2, -0.15) is 0 Å². The lowest BCUT2D eigenvalue weighted by molar-refractivity contribution is -0.124. The Hall–Kier alpha value is -1.66. The third-order valence-electron chi connectivity index (χ3n) is 5.25. The molecule has 2 aliphatic rings. The van der Waals surface area contributed by atoms with Crippen LogP contribution in [0.25, 0.3) is 0 Å². The van der Waals surface area contributed by atoms with Crippen molar-refractivity contribution >= 4 is 11.6 Å². The molecule has 2 fully saturated rings. The molecule has 25 heavy (non-hydrogen) atoms. The summed E-state index contributed by atoms with van der Waals surface area (Å²) in [6.45, 7) is 4.25. The number of aliphatic hydroxyl groups is 1. The quantitative estimate of drug-likeness (QED) is 0.779. The van der Waals surface area contributed by atoms with Crippen LogP contribution in [0.3, 0.4) is 0 Å². The topological polar surface area (TPSA) is 64.6 Å². The third kappa shape index (κ3) is 4.50. The third-order valence-corrected chi connectivity index (χ3v) is 5.25. The second kappa shape index (κ2) is 8.15. The van der Waals surface area contributed by atoms with Crippen LogP contribution in [0.5, 0.6) is 0 Å². The molecule has 3 N–H and O–H groups in total. The van der Waals surface area contributed by atoms with Gasteiger partial charge in [-0.3, -0.25) is 4.79 Å². The van der Waals surface area contributed by atoms with E-state index >= 15 is 0 Å². The number of rotatable bonds is 4. The maximum atomic E-state index is 13.8. The predicted octanol–water partition coefficient (Wildman–Crippen LogP) is 2.11. The number of hydrogen-bond donors (Lipinski definition) is 3. The zero-order valence-electron chi connectivity index (χ0n) is 14.8. The first-order valence-corrected chi connectivity index (χ1v) is 9.31. The summed E-state index contributed by atoms with van der Waals surface area (Å²) in [5, 5.41) is 16.0. The molecule has 3 rings (SSSR count). The number of anilines is 1. The van der Waals surface area contributed by atoms with E-state index in [1.165, 1.54) is 12.1 Å². The van der Waals surface area contributed by atoms with Crippen LogP contribution in [0.4, 0.5) is 10.1 Å². The van der Waals surface area contributed by atoms with Crippen molar-refractivity contribution in [2.45, 2.75) is 57.2 Å². The first kappa shape index (κ1) is 18.1. The van der Waals surface area contributed by atoms with Crippen LogP contribution in [0.1, 0.15) is 50.6 Å². The van der Waals surface area contributed by atoms with E-state index in [9.17, 15) is 14.3 Å². The van der Waals surface area contributed by atoms with Gasteiger partial charge in [0.05, 0.1) is 18.2 Å². The Morgan fingerprint density at radius 2 is 2.08 bits per heavy atom. The first-order valence-electron chi connectivity index (χ1n) is 9.31. The number of nitrogens with zero attached hydrogens (tertiary/aromatic N) is 1. The summed E-state index contributed by atoms with van der Waals surface area (Å²) in [6, 6.07) is 4.33. The molecule has 0 bridgehead atoms. The normalized spacial score (nSPS) is 23.3. The van der Waals surface area contributed by atoms with Gasteiger partial charge in [-0.1, -0.05) is 6.42 Å². The molecule has 2 aliphatic heterocycles. The predicted molar refractivity (Wildman–Crippen MR) is 96.1 cm³/mol. The minimum absolute atomic E-state index is 0.0172. The number of amides is 1. The second-order valence-electron chi connectivity index (χ2n) is 7.15. The van der Waals surface area contributed by atoms with Crippen molar-refractivity contribution in [3.63, 3.8) is 0 Å². The second-order valence-corrected chi connectivity index (χ2v) is 7.15. The zero-order valence-corrected chi connectivity index (χ0v) is 14.8. The summed E-state index contributed by atoms with van der Waals surface area (Å²) >= 11 is 0. The molecular weight excluding hydrogens is 321 g/mol. The summed E-state index contributed by atoms with van der Waals surface area (Å²) in [5.74, 6) is -0.316. The molecule has 1 amide bonds. The van der Waals surface area contributed by atoms with Gasteiger partial charge >= 0.3 is 0 Å². The van der Waals surface area contributed by atoms with Gasteiger partial charge in [0.2, 0.25) is 5.91 Å². The molecule has 1 aromatic carbocycles. The molecule has 0 saturated carbocycles. The number of hydrogen-bond acceptors (Lipinski definition) is 4. The number of aliphatic hydroxyl groups excluding tert-OH is 1. The lowest BCUT2D eigenvalue weighted by atomic mass is 10.00. The Morgan fingerprint density at radius 3 is 2.76 bits per heavy atom. The van der Waals surface area contributed by atoms with Gasteiger partial charge in [0.15, 0.2) is 0 Å². The molecule has 0 aromatic heterocycles.